The van der Waals surface area contributed by atoms with Crippen LogP contribution in [0.15, 0.2) is 35.4 Å². The molecule has 0 fully saturated rings. The van der Waals surface area contributed by atoms with Crippen molar-refractivity contribution in [1.29, 1.82) is 0 Å². The first kappa shape index (κ1) is 22.6. The minimum Gasteiger partial charge on any atom is -0.296 e. The van der Waals surface area contributed by atoms with Gasteiger partial charge >= 0.3 is 0 Å². The maximum atomic E-state index is 15.1. The molecule has 0 radical (unpaired) electrons. The topological polar surface area (TPSA) is 77.0 Å². The van der Waals surface area contributed by atoms with E-state index in [-0.39, 0.29) is 18.6 Å². The molecule has 28 heavy (non-hydrogen) atoms. The van der Waals surface area contributed by atoms with Gasteiger partial charge in [-0.15, -0.1) is 11.3 Å². The maximum absolute atomic E-state index is 15.1. The van der Waals surface area contributed by atoms with Gasteiger partial charge in [0.1, 0.15) is 0 Å². The molecule has 0 saturated heterocycles. The summed E-state index contributed by atoms with van der Waals surface area (Å²) in [6, 6.07) is 3.57. The Morgan fingerprint density at radius 3 is 2.39 bits per heavy atom. The van der Waals surface area contributed by atoms with Crippen molar-refractivity contribution in [2.24, 2.45) is 5.92 Å². The van der Waals surface area contributed by atoms with Crippen molar-refractivity contribution >= 4 is 27.0 Å². The van der Waals surface area contributed by atoms with Gasteiger partial charge in [-0.2, -0.15) is 0 Å². The van der Waals surface area contributed by atoms with Gasteiger partial charge in [-0.25, -0.2) is 17.8 Å². The van der Waals surface area contributed by atoms with Crippen LogP contribution in [0.1, 0.15) is 45.4 Å². The Hall–Kier alpha value is -1.67. The molecule has 5 nitrogen and oxygen atoms in total. The number of hydrogen-bond acceptors (Lipinski definition) is 6. The third-order valence-corrected chi connectivity index (χ3v) is 8.13. The number of carbonyl (C=O) groups excluding carboxylic acids is 1. The van der Waals surface area contributed by atoms with E-state index >= 15 is 4.39 Å². The number of thiazole rings is 1. The molecule has 2 rings (SSSR count). The fourth-order valence-electron chi connectivity index (χ4n) is 2.84. The molecule has 0 aromatic carbocycles. The Labute approximate surface area is 170 Å². The number of sulfone groups is 1. The highest BCUT2D eigenvalue weighted by molar-refractivity contribution is 7.92. The monoisotopic (exact) mass is 426 g/mol. The van der Waals surface area contributed by atoms with E-state index in [9.17, 15) is 13.2 Å². The van der Waals surface area contributed by atoms with Gasteiger partial charge in [0.25, 0.3) is 0 Å². The summed E-state index contributed by atoms with van der Waals surface area (Å²) in [6.07, 6.45) is 3.36. The van der Waals surface area contributed by atoms with Crippen LogP contribution in [0.5, 0.6) is 0 Å². The highest BCUT2D eigenvalue weighted by atomic mass is 32.2. The van der Waals surface area contributed by atoms with E-state index in [1.54, 1.807) is 56.2 Å². The molecule has 0 saturated carbocycles. The summed E-state index contributed by atoms with van der Waals surface area (Å²) < 4.78 is 39.6. The predicted octanol–water partition coefficient (Wildman–Crippen LogP) is 3.84. The van der Waals surface area contributed by atoms with Crippen LogP contribution in [0.3, 0.4) is 0 Å². The third-order valence-electron chi connectivity index (χ3n) is 4.71. The number of aromatic nitrogens is 2. The Kier molecular flexibility index (Phi) is 7.09. The van der Waals surface area contributed by atoms with Crippen molar-refractivity contribution in [2.75, 3.05) is 5.75 Å². The molecule has 0 amide bonds. The molecule has 0 spiro atoms. The lowest BCUT2D eigenvalue weighted by molar-refractivity contribution is -0.130. The van der Waals surface area contributed by atoms with Crippen molar-refractivity contribution in [3.8, 4) is 0 Å². The Morgan fingerprint density at radius 2 is 1.86 bits per heavy atom. The Bertz CT molecular complexity index is 874. The van der Waals surface area contributed by atoms with Gasteiger partial charge in [0.15, 0.2) is 21.3 Å². The summed E-state index contributed by atoms with van der Waals surface area (Å²) in [7, 11) is -3.46. The number of nitrogens with zero attached hydrogens (tertiary/aromatic N) is 2. The minimum absolute atomic E-state index is 0.108. The van der Waals surface area contributed by atoms with E-state index in [4.69, 9.17) is 0 Å². The first-order valence-electron chi connectivity index (χ1n) is 9.11. The number of hydrogen-bond donors (Lipinski definition) is 0. The number of halogens is 1. The van der Waals surface area contributed by atoms with E-state index in [1.165, 1.54) is 18.3 Å². The lowest BCUT2D eigenvalue weighted by Gasteiger charge is -2.26. The molecule has 2 aromatic heterocycles. The van der Waals surface area contributed by atoms with Crippen LogP contribution < -0.4 is 0 Å². The largest absolute Gasteiger partial charge is 0.296 e. The normalized spacial score (nSPS) is 15.8. The molecule has 0 aliphatic carbocycles. The summed E-state index contributed by atoms with van der Waals surface area (Å²) in [5.74, 6) is -1.27. The summed E-state index contributed by atoms with van der Waals surface area (Å²) in [4.78, 5) is 20.7. The average molecular weight is 427 g/mol. The molecule has 154 valence electrons. The van der Waals surface area contributed by atoms with Gasteiger partial charge in [-0.05, 0) is 57.7 Å². The third kappa shape index (κ3) is 6.17. The quantitative estimate of drug-likeness (QED) is 0.609. The SMILES string of the molecule is CC(F)(Cc1cscn1)C(=O)C[C@H](Cc1ccncc1)CS(=O)(=O)C(C)(C)C. The fourth-order valence-corrected chi connectivity index (χ4v) is 4.76. The van der Waals surface area contributed by atoms with Gasteiger partial charge in [-0.3, -0.25) is 9.78 Å². The van der Waals surface area contributed by atoms with Crippen LogP contribution >= 0.6 is 11.3 Å². The molecule has 0 aliphatic rings. The molecule has 2 atom stereocenters. The zero-order valence-corrected chi connectivity index (χ0v) is 18.3. The maximum Gasteiger partial charge on any atom is 0.171 e. The number of pyridine rings is 1. The van der Waals surface area contributed by atoms with E-state index in [0.717, 1.165) is 5.56 Å². The molecule has 1 unspecified atom stereocenters. The molecule has 0 bridgehead atoms. The summed E-state index contributed by atoms with van der Waals surface area (Å²) in [5.41, 5.74) is 0.905. The minimum atomic E-state index is -3.46. The lowest BCUT2D eigenvalue weighted by atomic mass is 9.88. The van der Waals surface area contributed by atoms with Gasteiger partial charge in [0.2, 0.25) is 0 Å². The smallest absolute Gasteiger partial charge is 0.171 e. The van der Waals surface area contributed by atoms with E-state index in [0.29, 0.717) is 12.1 Å². The number of ketones is 1. The molecule has 0 N–H and O–H groups in total. The molecular formula is C20H27FN2O3S2. The van der Waals surface area contributed by atoms with Gasteiger partial charge in [-0.1, -0.05) is 0 Å². The first-order chi connectivity index (χ1) is 12.9. The Balaban J connectivity index is 2.19. The van der Waals surface area contributed by atoms with Crippen LogP contribution in [-0.2, 0) is 27.5 Å². The first-order valence-corrected chi connectivity index (χ1v) is 11.7. The second kappa shape index (κ2) is 8.78. The van der Waals surface area contributed by atoms with Crippen molar-refractivity contribution in [3.05, 3.63) is 46.7 Å². The molecule has 2 heterocycles. The highest BCUT2D eigenvalue weighted by Gasteiger charge is 2.38. The zero-order chi connectivity index (χ0) is 21.0. The second-order valence-electron chi connectivity index (χ2n) is 8.30. The molecular weight excluding hydrogens is 399 g/mol. The van der Waals surface area contributed by atoms with Gasteiger partial charge in [0.05, 0.1) is 21.7 Å². The molecule has 8 heteroatoms. The van der Waals surface area contributed by atoms with Gasteiger partial charge < -0.3 is 0 Å². The summed E-state index contributed by atoms with van der Waals surface area (Å²) >= 11 is 1.34. The van der Waals surface area contributed by atoms with E-state index in [2.05, 4.69) is 9.97 Å². The summed E-state index contributed by atoms with van der Waals surface area (Å²) in [6.45, 7) is 6.15. The van der Waals surface area contributed by atoms with Crippen molar-refractivity contribution < 1.29 is 17.6 Å². The van der Waals surface area contributed by atoms with E-state index in [1.807, 2.05) is 0 Å². The highest BCUT2D eigenvalue weighted by Crippen LogP contribution is 2.27. The van der Waals surface area contributed by atoms with Crippen LogP contribution in [0.2, 0.25) is 0 Å². The number of carbonyl (C=O) groups is 1. The Morgan fingerprint density at radius 1 is 1.21 bits per heavy atom. The molecule has 0 aliphatic heterocycles. The number of alkyl halides is 1. The zero-order valence-electron chi connectivity index (χ0n) is 16.7. The van der Waals surface area contributed by atoms with Crippen molar-refractivity contribution in [2.45, 2.75) is 57.4 Å². The standard InChI is InChI=1S/C20H27FN2O3S2/c1-19(2,3)28(25,26)13-16(9-15-5-7-22-8-6-15)10-18(24)20(4,21)11-17-12-27-14-23-17/h5-8,12,14,16H,9-11,13H2,1-4H3/t16-,20?/m0/s1. The van der Waals surface area contributed by atoms with E-state index < -0.39 is 32.0 Å². The summed E-state index contributed by atoms with van der Waals surface area (Å²) in [5, 5.41) is 1.71. The fraction of sp³-hybridized carbons (Fsp3) is 0.550. The van der Waals surface area contributed by atoms with Crippen LogP contribution in [0, 0.1) is 5.92 Å². The van der Waals surface area contributed by atoms with Crippen molar-refractivity contribution in [1.82, 2.24) is 9.97 Å². The number of Topliss-reactive ketones (excluding diaryl/α,β-unsaturated/α-hetero) is 1. The molecule has 2 aromatic rings. The second-order valence-corrected chi connectivity index (χ2v) is 11.8. The predicted molar refractivity (Wildman–Crippen MR) is 110 cm³/mol. The average Bonchev–Trinajstić information content (AvgIpc) is 3.06. The number of rotatable bonds is 9. The van der Waals surface area contributed by atoms with Crippen LogP contribution in [0.4, 0.5) is 4.39 Å². The van der Waals surface area contributed by atoms with Crippen molar-refractivity contribution in [3.63, 3.8) is 0 Å². The van der Waals surface area contributed by atoms with Crippen LogP contribution in [0.25, 0.3) is 0 Å². The van der Waals surface area contributed by atoms with Crippen LogP contribution in [-0.4, -0.2) is 40.3 Å². The van der Waals surface area contributed by atoms with Gasteiger partial charge in [0, 0.05) is 30.6 Å². The lowest BCUT2D eigenvalue weighted by Crippen LogP contribution is -2.38.